The summed E-state index contributed by atoms with van der Waals surface area (Å²) in [6.07, 6.45) is 2.03. The van der Waals surface area contributed by atoms with Crippen molar-refractivity contribution in [2.75, 3.05) is 31.6 Å². The van der Waals surface area contributed by atoms with Crippen molar-refractivity contribution in [2.45, 2.75) is 46.1 Å². The number of amides is 1. The number of ether oxygens (including phenoxy) is 1. The Bertz CT molecular complexity index is 1440. The van der Waals surface area contributed by atoms with Gasteiger partial charge in [0, 0.05) is 61.4 Å². The summed E-state index contributed by atoms with van der Waals surface area (Å²) in [4.78, 5) is 58.0. The zero-order valence-electron chi connectivity index (χ0n) is 24.4. The molecule has 3 heterocycles. The van der Waals surface area contributed by atoms with Crippen molar-refractivity contribution in [3.63, 3.8) is 0 Å². The van der Waals surface area contributed by atoms with Gasteiger partial charge in [-0.05, 0) is 37.5 Å². The van der Waals surface area contributed by atoms with Gasteiger partial charge in [0.2, 0.25) is 0 Å². The molecule has 2 aliphatic rings. The number of methoxy groups -OCH3 is 1. The molecule has 42 heavy (non-hydrogen) atoms. The van der Waals surface area contributed by atoms with Crippen LogP contribution in [-0.2, 0) is 19.1 Å². The largest absolute Gasteiger partial charge is 0.466 e. The molecule has 12 heteroatoms. The number of hydrazine groups is 1. The lowest BCUT2D eigenvalue weighted by Crippen LogP contribution is -2.62. The first-order valence-corrected chi connectivity index (χ1v) is 13.8. The highest BCUT2D eigenvalue weighted by molar-refractivity contribution is 6.02. The van der Waals surface area contributed by atoms with Gasteiger partial charge >= 0.3 is 5.97 Å². The molecule has 1 aromatic heterocycles. The second-order valence-corrected chi connectivity index (χ2v) is 10.8. The molecular weight excluding hydrogens is 540 g/mol. The highest BCUT2D eigenvalue weighted by atomic mass is 16.6. The predicted molar refractivity (Wildman–Crippen MR) is 156 cm³/mol. The monoisotopic (exact) mass is 576 g/mol. The maximum atomic E-state index is 14.1. The molecule has 1 saturated heterocycles. The number of anilines is 1. The fourth-order valence-electron chi connectivity index (χ4n) is 5.50. The molecule has 1 amide bonds. The SMILES string of the molecule is COC(=O)C1=C(C)NC(C)=C(C(=O)NN2CCN(c3ccccn3)CC2C(=O)CC(C)C)C1c1cccc([N+](=O)[O-])c1. The van der Waals surface area contributed by atoms with E-state index in [2.05, 4.69) is 15.7 Å². The Morgan fingerprint density at radius 2 is 1.86 bits per heavy atom. The van der Waals surface area contributed by atoms with Crippen LogP contribution in [0.3, 0.4) is 0 Å². The number of piperazine rings is 1. The number of Topliss-reactive ketones (excluding diaryl/α,β-unsaturated/α-hetero) is 1. The van der Waals surface area contributed by atoms with Crippen LogP contribution < -0.4 is 15.6 Å². The van der Waals surface area contributed by atoms with Crippen molar-refractivity contribution in [1.29, 1.82) is 0 Å². The lowest BCUT2D eigenvalue weighted by atomic mass is 9.80. The van der Waals surface area contributed by atoms with Crippen molar-refractivity contribution in [2.24, 2.45) is 5.92 Å². The van der Waals surface area contributed by atoms with E-state index in [-0.39, 0.29) is 28.5 Å². The van der Waals surface area contributed by atoms with Gasteiger partial charge in [-0.15, -0.1) is 0 Å². The minimum Gasteiger partial charge on any atom is -0.466 e. The molecule has 2 N–H and O–H groups in total. The first-order chi connectivity index (χ1) is 20.0. The molecule has 222 valence electrons. The van der Waals surface area contributed by atoms with Crippen molar-refractivity contribution in [1.82, 2.24) is 20.7 Å². The van der Waals surface area contributed by atoms with E-state index in [9.17, 15) is 24.5 Å². The van der Waals surface area contributed by atoms with E-state index in [1.165, 1.54) is 25.3 Å². The molecule has 0 aliphatic carbocycles. The number of esters is 1. The average Bonchev–Trinajstić information content (AvgIpc) is 2.96. The number of hydrogen-bond acceptors (Lipinski definition) is 10. The van der Waals surface area contributed by atoms with Crippen molar-refractivity contribution in [3.8, 4) is 0 Å². The van der Waals surface area contributed by atoms with Crippen molar-refractivity contribution in [3.05, 3.63) is 86.9 Å². The number of ketones is 1. The van der Waals surface area contributed by atoms with Crippen molar-refractivity contribution >= 4 is 29.2 Å². The number of nitrogens with zero attached hydrogens (tertiary/aromatic N) is 4. The van der Waals surface area contributed by atoms with Crippen LogP contribution in [0, 0.1) is 16.0 Å². The predicted octanol–water partition coefficient (Wildman–Crippen LogP) is 3.23. The maximum absolute atomic E-state index is 14.1. The first kappa shape index (κ1) is 30.4. The van der Waals surface area contributed by atoms with E-state index in [0.717, 1.165) is 5.82 Å². The Kier molecular flexibility index (Phi) is 9.36. The molecular formula is C30H36N6O6. The number of benzene rings is 1. The molecule has 0 spiro atoms. The summed E-state index contributed by atoms with van der Waals surface area (Å²) >= 11 is 0. The van der Waals surface area contributed by atoms with Crippen LogP contribution in [0.4, 0.5) is 11.5 Å². The number of dihydropyridines is 1. The molecule has 0 radical (unpaired) electrons. The summed E-state index contributed by atoms with van der Waals surface area (Å²) in [6, 6.07) is 10.8. The summed E-state index contributed by atoms with van der Waals surface area (Å²) in [6.45, 7) is 8.52. The van der Waals surface area contributed by atoms with E-state index in [1.807, 2.05) is 36.9 Å². The van der Waals surface area contributed by atoms with E-state index in [1.54, 1.807) is 31.1 Å². The molecule has 2 atom stereocenters. The third-order valence-electron chi connectivity index (χ3n) is 7.40. The zero-order chi connectivity index (χ0) is 30.6. The summed E-state index contributed by atoms with van der Waals surface area (Å²) in [5, 5.41) is 16.3. The van der Waals surface area contributed by atoms with Gasteiger partial charge in [0.15, 0.2) is 5.78 Å². The molecule has 2 unspecified atom stereocenters. The van der Waals surface area contributed by atoms with Gasteiger partial charge in [-0.3, -0.25) is 25.1 Å². The van der Waals surface area contributed by atoms with E-state index < -0.39 is 28.8 Å². The summed E-state index contributed by atoms with van der Waals surface area (Å²) < 4.78 is 5.05. The van der Waals surface area contributed by atoms with E-state index in [0.29, 0.717) is 43.0 Å². The Labute approximate surface area is 244 Å². The van der Waals surface area contributed by atoms with Gasteiger partial charge < -0.3 is 15.0 Å². The Morgan fingerprint density at radius 1 is 1.12 bits per heavy atom. The topological polar surface area (TPSA) is 147 Å². The van der Waals surface area contributed by atoms with Gasteiger partial charge in [-0.1, -0.05) is 32.0 Å². The second-order valence-electron chi connectivity index (χ2n) is 10.8. The third kappa shape index (κ3) is 6.49. The Morgan fingerprint density at radius 3 is 2.50 bits per heavy atom. The molecule has 2 aliphatic heterocycles. The van der Waals surface area contributed by atoms with E-state index in [4.69, 9.17) is 4.74 Å². The van der Waals surface area contributed by atoms with Crippen LogP contribution >= 0.6 is 0 Å². The first-order valence-electron chi connectivity index (χ1n) is 13.8. The molecule has 4 rings (SSSR count). The molecule has 12 nitrogen and oxygen atoms in total. The number of hydrogen-bond donors (Lipinski definition) is 2. The molecule has 0 bridgehead atoms. The second kappa shape index (κ2) is 12.9. The average molecular weight is 577 g/mol. The van der Waals surface area contributed by atoms with Gasteiger partial charge in [0.1, 0.15) is 11.9 Å². The quantitative estimate of drug-likeness (QED) is 0.259. The smallest absolute Gasteiger partial charge is 0.336 e. The lowest BCUT2D eigenvalue weighted by molar-refractivity contribution is -0.384. The van der Waals surface area contributed by atoms with Crippen molar-refractivity contribution < 1.29 is 24.0 Å². The minimum absolute atomic E-state index is 0.0142. The number of rotatable bonds is 9. The minimum atomic E-state index is -0.946. The van der Waals surface area contributed by atoms with Gasteiger partial charge in [0.25, 0.3) is 11.6 Å². The fraction of sp³-hybridized carbons (Fsp3) is 0.400. The lowest BCUT2D eigenvalue weighted by Gasteiger charge is -2.41. The van der Waals surface area contributed by atoms with Crippen LogP contribution in [0.5, 0.6) is 0 Å². The zero-order valence-corrected chi connectivity index (χ0v) is 24.4. The number of nitro benzene ring substituents is 1. The third-order valence-corrected chi connectivity index (χ3v) is 7.40. The van der Waals surface area contributed by atoms with Gasteiger partial charge in [0.05, 0.1) is 23.5 Å². The Balaban J connectivity index is 1.70. The number of non-ortho nitro benzene ring substituents is 1. The molecule has 1 fully saturated rings. The maximum Gasteiger partial charge on any atom is 0.336 e. The summed E-state index contributed by atoms with van der Waals surface area (Å²) in [5.41, 5.74) is 4.48. The van der Waals surface area contributed by atoms with Gasteiger partial charge in [-0.25, -0.2) is 14.8 Å². The van der Waals surface area contributed by atoms with E-state index >= 15 is 0 Å². The number of allylic oxidation sites excluding steroid dienone is 2. The van der Waals surface area contributed by atoms with Crippen LogP contribution in [-0.4, -0.2) is 65.4 Å². The molecule has 2 aromatic rings. The number of nitrogens with one attached hydrogen (secondary N) is 2. The van der Waals surface area contributed by atoms with Crippen LogP contribution in [0.2, 0.25) is 0 Å². The standard InChI is InChI=1S/C30H36N6O6/c1-18(2)15-24(37)23-17-34(25-11-6-7-12-31-25)13-14-35(23)33-29(38)26-19(3)32-20(4)27(30(39)42-5)28(26)21-9-8-10-22(16-21)36(40)41/h6-12,16,18,23,28,32H,13-15,17H2,1-5H3,(H,33,38). The Hall–Kier alpha value is -4.58. The number of carbonyl (C=O) groups excluding carboxylic acids is 3. The molecule has 0 saturated carbocycles. The molecule has 1 aromatic carbocycles. The van der Waals surface area contributed by atoms with Crippen LogP contribution in [0.25, 0.3) is 0 Å². The number of aromatic nitrogens is 1. The number of pyridine rings is 1. The fourth-order valence-corrected chi connectivity index (χ4v) is 5.50. The highest BCUT2D eigenvalue weighted by Crippen LogP contribution is 2.39. The summed E-state index contributed by atoms with van der Waals surface area (Å²) in [5.74, 6) is -1.28. The van der Waals surface area contributed by atoms with Crippen LogP contribution in [0.1, 0.15) is 45.6 Å². The van der Waals surface area contributed by atoms with Gasteiger partial charge in [-0.2, -0.15) is 0 Å². The number of nitro groups is 1. The highest BCUT2D eigenvalue weighted by Gasteiger charge is 2.40. The van der Waals surface area contributed by atoms with Crippen LogP contribution in [0.15, 0.2) is 71.2 Å². The normalized spacial score (nSPS) is 19.4. The number of carbonyl (C=O) groups is 3. The summed E-state index contributed by atoms with van der Waals surface area (Å²) in [7, 11) is 1.24.